The van der Waals surface area contributed by atoms with Gasteiger partial charge in [-0.05, 0) is 49.6 Å². The minimum absolute atomic E-state index is 0.0757. The van der Waals surface area contributed by atoms with Gasteiger partial charge in [0.05, 0.1) is 5.56 Å². The van der Waals surface area contributed by atoms with E-state index >= 15 is 0 Å². The van der Waals surface area contributed by atoms with Crippen molar-refractivity contribution in [1.82, 2.24) is 10.2 Å². The van der Waals surface area contributed by atoms with Gasteiger partial charge in [-0.25, -0.2) is 0 Å². The summed E-state index contributed by atoms with van der Waals surface area (Å²) in [7, 11) is 0. The Kier molecular flexibility index (Phi) is 7.29. The minimum atomic E-state index is -4.52. The number of amides is 2. The van der Waals surface area contributed by atoms with Crippen molar-refractivity contribution in [3.63, 3.8) is 0 Å². The zero-order valence-electron chi connectivity index (χ0n) is 15.5. The zero-order chi connectivity index (χ0) is 21.8. The van der Waals surface area contributed by atoms with Gasteiger partial charge in [0.1, 0.15) is 6.04 Å². The molecule has 0 saturated carbocycles. The number of alkyl halides is 3. The van der Waals surface area contributed by atoms with Gasteiger partial charge in [-0.1, -0.05) is 11.6 Å². The monoisotopic (exact) mass is 432 g/mol. The lowest BCUT2D eigenvalue weighted by molar-refractivity contribution is -0.142. The van der Waals surface area contributed by atoms with Crippen LogP contribution in [0.2, 0.25) is 5.02 Å². The third kappa shape index (κ3) is 6.22. The smallest absolute Gasteiger partial charge is 0.416 e. The van der Waals surface area contributed by atoms with Crippen molar-refractivity contribution >= 4 is 35.5 Å². The Bertz CT molecular complexity index is 818. The maximum absolute atomic E-state index is 12.8. The number of carbonyl (C=O) groups excluding carboxylic acids is 2. The molecule has 1 fully saturated rings. The van der Waals surface area contributed by atoms with Gasteiger partial charge in [0.15, 0.2) is 0 Å². The molecule has 1 aromatic rings. The standard InChI is InChI=1S/C19H20ClF3N2O4/c1-11(18(28)29)24-17(27)12-6-8-25(9-7-12)16(26)5-2-13-10-14(19(21,22)23)3-4-15(13)20/h2-5,10-12H,6-9H2,1H3,(H,24,27)(H,28,29). The van der Waals surface area contributed by atoms with Crippen LogP contribution in [0.3, 0.4) is 0 Å². The third-order valence-corrected chi connectivity index (χ3v) is 4.98. The van der Waals surface area contributed by atoms with Crippen molar-refractivity contribution in [2.45, 2.75) is 32.0 Å². The lowest BCUT2D eigenvalue weighted by Gasteiger charge is -2.31. The molecule has 158 valence electrons. The minimum Gasteiger partial charge on any atom is -0.480 e. The van der Waals surface area contributed by atoms with E-state index in [1.807, 2.05) is 0 Å². The predicted molar refractivity (Wildman–Crippen MR) is 100 cm³/mol. The largest absolute Gasteiger partial charge is 0.480 e. The first-order valence-electron chi connectivity index (χ1n) is 8.86. The van der Waals surface area contributed by atoms with Crippen LogP contribution in [0.15, 0.2) is 24.3 Å². The van der Waals surface area contributed by atoms with Crippen molar-refractivity contribution in [1.29, 1.82) is 0 Å². The van der Waals surface area contributed by atoms with Crippen molar-refractivity contribution < 1.29 is 32.7 Å². The Morgan fingerprint density at radius 3 is 2.45 bits per heavy atom. The molecular formula is C19H20ClF3N2O4. The second-order valence-corrected chi connectivity index (χ2v) is 7.14. The van der Waals surface area contributed by atoms with Gasteiger partial charge >= 0.3 is 12.1 Å². The highest BCUT2D eigenvalue weighted by Gasteiger charge is 2.31. The van der Waals surface area contributed by atoms with Gasteiger partial charge in [0.2, 0.25) is 11.8 Å². The van der Waals surface area contributed by atoms with Crippen LogP contribution >= 0.6 is 11.6 Å². The van der Waals surface area contributed by atoms with Crippen LogP contribution < -0.4 is 5.32 Å². The summed E-state index contributed by atoms with van der Waals surface area (Å²) in [6, 6.07) is 1.85. The molecule has 1 aromatic carbocycles. The fraction of sp³-hybridized carbons (Fsp3) is 0.421. The van der Waals surface area contributed by atoms with E-state index in [-0.39, 0.29) is 29.6 Å². The summed E-state index contributed by atoms with van der Waals surface area (Å²) >= 11 is 5.90. The number of carboxylic acids is 1. The number of benzene rings is 1. The van der Waals surface area contributed by atoms with Crippen LogP contribution in [0.4, 0.5) is 13.2 Å². The molecule has 1 aliphatic heterocycles. The number of piperidine rings is 1. The molecule has 0 radical (unpaired) electrons. The highest BCUT2D eigenvalue weighted by atomic mass is 35.5. The van der Waals surface area contributed by atoms with Gasteiger partial charge in [-0.3, -0.25) is 14.4 Å². The molecule has 1 aliphatic rings. The van der Waals surface area contributed by atoms with Crippen LogP contribution in [0.25, 0.3) is 6.08 Å². The molecule has 6 nitrogen and oxygen atoms in total. The third-order valence-electron chi connectivity index (χ3n) is 4.64. The topological polar surface area (TPSA) is 86.7 Å². The molecular weight excluding hydrogens is 413 g/mol. The molecule has 0 aliphatic carbocycles. The molecule has 0 bridgehead atoms. The number of halogens is 4. The lowest BCUT2D eigenvalue weighted by Crippen LogP contribution is -2.46. The highest BCUT2D eigenvalue weighted by molar-refractivity contribution is 6.32. The van der Waals surface area contributed by atoms with Crippen molar-refractivity contribution in [2.24, 2.45) is 5.92 Å². The molecule has 1 unspecified atom stereocenters. The van der Waals surface area contributed by atoms with Gasteiger partial charge < -0.3 is 15.3 Å². The average molecular weight is 433 g/mol. The summed E-state index contributed by atoms with van der Waals surface area (Å²) < 4.78 is 38.4. The van der Waals surface area contributed by atoms with E-state index in [9.17, 15) is 27.6 Å². The van der Waals surface area contributed by atoms with Crippen LogP contribution in [0, 0.1) is 5.92 Å². The second kappa shape index (κ2) is 9.30. The second-order valence-electron chi connectivity index (χ2n) is 6.74. The Hall–Kier alpha value is -2.55. The molecule has 2 N–H and O–H groups in total. The molecule has 1 atom stereocenters. The lowest BCUT2D eigenvalue weighted by atomic mass is 9.95. The van der Waals surface area contributed by atoms with E-state index in [1.54, 1.807) is 0 Å². The molecule has 0 spiro atoms. The molecule has 1 saturated heterocycles. The number of aliphatic carboxylic acids is 1. The summed E-state index contributed by atoms with van der Waals surface area (Å²) in [5.74, 6) is -2.32. The Morgan fingerprint density at radius 1 is 1.28 bits per heavy atom. The molecule has 2 rings (SSSR count). The maximum Gasteiger partial charge on any atom is 0.416 e. The summed E-state index contributed by atoms with van der Waals surface area (Å²) in [6.07, 6.45) is -1.41. The SMILES string of the molecule is CC(NC(=O)C1CCN(C(=O)C=Cc2cc(C(F)(F)F)ccc2Cl)CC1)C(=O)O. The average Bonchev–Trinajstić information content (AvgIpc) is 2.66. The first-order valence-corrected chi connectivity index (χ1v) is 9.23. The maximum atomic E-state index is 12.8. The number of hydrogen-bond acceptors (Lipinski definition) is 3. The molecule has 1 heterocycles. The van der Waals surface area contributed by atoms with E-state index in [2.05, 4.69) is 5.32 Å². The number of nitrogens with zero attached hydrogens (tertiary/aromatic N) is 1. The molecule has 2 amide bonds. The summed E-state index contributed by atoms with van der Waals surface area (Å²) in [5.41, 5.74) is -0.789. The van der Waals surface area contributed by atoms with Crippen LogP contribution in [0.5, 0.6) is 0 Å². The Labute approximate surface area is 170 Å². The van der Waals surface area contributed by atoms with Crippen LogP contribution in [0.1, 0.15) is 30.9 Å². The number of hydrogen-bond donors (Lipinski definition) is 2. The number of carbonyl (C=O) groups is 3. The Morgan fingerprint density at radius 2 is 1.90 bits per heavy atom. The van der Waals surface area contributed by atoms with Crippen molar-refractivity contribution in [2.75, 3.05) is 13.1 Å². The number of likely N-dealkylation sites (tertiary alicyclic amines) is 1. The molecule has 29 heavy (non-hydrogen) atoms. The zero-order valence-corrected chi connectivity index (χ0v) is 16.3. The van der Waals surface area contributed by atoms with Gasteiger partial charge in [0.25, 0.3) is 0 Å². The fourth-order valence-corrected chi connectivity index (χ4v) is 3.05. The summed E-state index contributed by atoms with van der Waals surface area (Å²) in [5, 5.41) is 11.3. The van der Waals surface area contributed by atoms with Crippen LogP contribution in [-0.2, 0) is 20.6 Å². The highest BCUT2D eigenvalue weighted by Crippen LogP contribution is 2.32. The van der Waals surface area contributed by atoms with E-state index in [4.69, 9.17) is 16.7 Å². The molecule has 10 heteroatoms. The first kappa shape index (κ1) is 22.7. The van der Waals surface area contributed by atoms with Gasteiger partial charge in [-0.2, -0.15) is 13.2 Å². The predicted octanol–water partition coefficient (Wildman–Crippen LogP) is 3.20. The van der Waals surface area contributed by atoms with Crippen molar-refractivity contribution in [3.8, 4) is 0 Å². The van der Waals surface area contributed by atoms with E-state index < -0.39 is 35.6 Å². The van der Waals surface area contributed by atoms with E-state index in [0.717, 1.165) is 24.3 Å². The normalized spacial score (nSPS) is 16.7. The van der Waals surface area contributed by atoms with E-state index in [0.29, 0.717) is 12.8 Å². The summed E-state index contributed by atoms with van der Waals surface area (Å²) in [4.78, 5) is 36.6. The van der Waals surface area contributed by atoms with Crippen molar-refractivity contribution in [3.05, 3.63) is 40.4 Å². The quantitative estimate of drug-likeness (QED) is 0.699. The van der Waals surface area contributed by atoms with Gasteiger partial charge in [0, 0.05) is 30.1 Å². The number of carboxylic acid groups (broad SMARTS) is 1. The van der Waals surface area contributed by atoms with E-state index in [1.165, 1.54) is 17.9 Å². The number of rotatable bonds is 5. The first-order chi connectivity index (χ1) is 13.5. The Balaban J connectivity index is 1.95. The van der Waals surface area contributed by atoms with Gasteiger partial charge in [-0.15, -0.1) is 0 Å². The fourth-order valence-electron chi connectivity index (χ4n) is 2.87. The molecule has 0 aromatic heterocycles. The summed E-state index contributed by atoms with van der Waals surface area (Å²) in [6.45, 7) is 1.92. The number of nitrogens with one attached hydrogen (secondary N) is 1. The van der Waals surface area contributed by atoms with Crippen LogP contribution in [-0.4, -0.2) is 46.9 Å².